The lowest BCUT2D eigenvalue weighted by atomic mass is 9.68. The average molecular weight is 762 g/mol. The number of halogens is 1. The van der Waals surface area contributed by atoms with E-state index in [4.69, 9.17) is 4.43 Å². The van der Waals surface area contributed by atoms with E-state index in [2.05, 4.69) is 45.0 Å². The largest absolute Gasteiger partial charge is 0.505 e. The molecule has 1 saturated heterocycles. The molecule has 1 aliphatic heterocycles. The number of hydrogen-bond acceptors (Lipinski definition) is 6. The summed E-state index contributed by atoms with van der Waals surface area (Å²) in [6.45, 7) is 8.50. The van der Waals surface area contributed by atoms with Gasteiger partial charge in [0.15, 0.2) is 11.6 Å². The third-order valence-electron chi connectivity index (χ3n) is 11.3. The van der Waals surface area contributed by atoms with E-state index in [1.54, 1.807) is 6.07 Å². The maximum absolute atomic E-state index is 14.4. The topological polar surface area (TPSA) is 107 Å². The summed E-state index contributed by atoms with van der Waals surface area (Å²) in [5, 5.41) is 35.0. The van der Waals surface area contributed by atoms with Gasteiger partial charge in [0, 0.05) is 12.5 Å². The Balaban J connectivity index is 1.43. The molecule has 0 saturated carbocycles. The van der Waals surface area contributed by atoms with Crippen LogP contribution in [0.25, 0.3) is 11.6 Å². The fraction of sp³-hybridized carbons (Fsp3) is 0.348. The van der Waals surface area contributed by atoms with Crippen molar-refractivity contribution in [2.75, 3.05) is 19.8 Å². The molecular formula is C46H52FNO6Si. The smallest absolute Gasteiger partial charge is 0.261 e. The third-order valence-corrected chi connectivity index (χ3v) is 16.3. The van der Waals surface area contributed by atoms with Gasteiger partial charge in [0.25, 0.3) is 8.32 Å². The molecule has 1 aliphatic carbocycles. The number of allylic oxidation sites excluding steroid dienone is 1. The number of carbonyl (C=O) groups is 2. The summed E-state index contributed by atoms with van der Waals surface area (Å²) in [4.78, 5) is 29.1. The first kappa shape index (κ1) is 40.0. The molecule has 0 aromatic heterocycles. The lowest BCUT2D eigenvalue weighted by molar-refractivity contribution is -0.140. The number of carbonyl (C=O) groups excluding carboxylic acids is 2. The zero-order chi connectivity index (χ0) is 39.3. The van der Waals surface area contributed by atoms with Crippen LogP contribution in [0.2, 0.25) is 5.04 Å². The number of benzene rings is 4. The first-order chi connectivity index (χ1) is 26.4. The molecule has 2 amide bonds. The van der Waals surface area contributed by atoms with Crippen molar-refractivity contribution < 1.29 is 33.7 Å². The van der Waals surface area contributed by atoms with Gasteiger partial charge in [0.05, 0.1) is 31.2 Å². The third kappa shape index (κ3) is 8.03. The molecule has 55 heavy (non-hydrogen) atoms. The van der Waals surface area contributed by atoms with Crippen molar-refractivity contribution in [2.45, 2.75) is 64.5 Å². The van der Waals surface area contributed by atoms with E-state index >= 15 is 0 Å². The van der Waals surface area contributed by atoms with Crippen molar-refractivity contribution in [3.8, 4) is 5.75 Å². The van der Waals surface area contributed by atoms with Gasteiger partial charge < -0.3 is 19.7 Å². The number of imide groups is 1. The van der Waals surface area contributed by atoms with Gasteiger partial charge in [-0.15, -0.1) is 0 Å². The Morgan fingerprint density at radius 1 is 0.927 bits per heavy atom. The number of hydrogen-bond donors (Lipinski definition) is 3. The fourth-order valence-electron chi connectivity index (χ4n) is 8.77. The van der Waals surface area contributed by atoms with Crippen molar-refractivity contribution in [1.29, 1.82) is 0 Å². The number of rotatable bonds is 14. The molecule has 2 aliphatic rings. The number of phenols is 1. The van der Waals surface area contributed by atoms with Crippen LogP contribution in [0, 0.1) is 23.6 Å². The zero-order valence-electron chi connectivity index (χ0n) is 32.1. The molecule has 9 heteroatoms. The molecule has 6 rings (SSSR count). The van der Waals surface area contributed by atoms with Crippen LogP contribution in [0.4, 0.5) is 4.39 Å². The molecule has 1 fully saturated rings. The van der Waals surface area contributed by atoms with Crippen molar-refractivity contribution in [1.82, 2.24) is 4.90 Å². The lowest BCUT2D eigenvalue weighted by Crippen LogP contribution is -2.66. The van der Waals surface area contributed by atoms with Gasteiger partial charge in [-0.1, -0.05) is 131 Å². The maximum atomic E-state index is 14.4. The standard InChI is InChI=1S/C46H52FNO6Si/c1-5-25-48-44(52)37-28-34(30-54-55(46(2,3)4,35-17-11-7-12-18-35)36-19-13-8-14-20-36)42(38(29-49)43(37)45(48)53)41(51)24-22-33(32-15-9-6-10-16-32)26-31-21-23-40(50)39(47)27-31/h6-21,23,26-27,37-38,41,43,49-51H,5,22,24-25,28-30H2,1-4H3/b33-26-/t37-,38+,41-,43-/m1/s1. The van der Waals surface area contributed by atoms with E-state index in [0.717, 1.165) is 27.1 Å². The Morgan fingerprint density at radius 3 is 2.07 bits per heavy atom. The van der Waals surface area contributed by atoms with Gasteiger partial charge >= 0.3 is 0 Å². The predicted octanol–water partition coefficient (Wildman–Crippen LogP) is 7.11. The van der Waals surface area contributed by atoms with E-state index in [1.165, 1.54) is 17.0 Å². The highest BCUT2D eigenvalue weighted by molar-refractivity contribution is 6.99. The average Bonchev–Trinajstić information content (AvgIpc) is 3.42. The molecule has 7 nitrogen and oxygen atoms in total. The van der Waals surface area contributed by atoms with Crippen molar-refractivity contribution in [2.24, 2.45) is 17.8 Å². The highest BCUT2D eigenvalue weighted by Gasteiger charge is 2.56. The molecule has 1 heterocycles. The summed E-state index contributed by atoms with van der Waals surface area (Å²) < 4.78 is 21.8. The van der Waals surface area contributed by atoms with E-state index in [-0.39, 0.29) is 36.3 Å². The number of fused-ring (bicyclic) bond motifs is 1. The quantitative estimate of drug-likeness (QED) is 0.0548. The van der Waals surface area contributed by atoms with E-state index in [1.807, 2.05) is 79.7 Å². The van der Waals surface area contributed by atoms with Gasteiger partial charge in [-0.05, 0) is 81.1 Å². The molecule has 4 atom stereocenters. The number of phenolic OH excluding ortho intramolecular Hbond substituents is 1. The number of amides is 2. The van der Waals surface area contributed by atoms with E-state index < -0.39 is 50.3 Å². The summed E-state index contributed by atoms with van der Waals surface area (Å²) in [6, 6.07) is 34.3. The van der Waals surface area contributed by atoms with Crippen molar-refractivity contribution >= 4 is 42.2 Å². The van der Waals surface area contributed by atoms with Crippen LogP contribution in [-0.4, -0.2) is 66.2 Å². The fourth-order valence-corrected chi connectivity index (χ4v) is 13.3. The van der Waals surface area contributed by atoms with Crippen LogP contribution in [0.5, 0.6) is 5.75 Å². The maximum Gasteiger partial charge on any atom is 0.261 e. The van der Waals surface area contributed by atoms with Gasteiger partial charge in [-0.25, -0.2) is 4.39 Å². The van der Waals surface area contributed by atoms with Crippen LogP contribution >= 0.6 is 0 Å². The highest BCUT2D eigenvalue weighted by Crippen LogP contribution is 2.47. The van der Waals surface area contributed by atoms with Crippen molar-refractivity contribution in [3.63, 3.8) is 0 Å². The summed E-state index contributed by atoms with van der Waals surface area (Å²) >= 11 is 0. The predicted molar refractivity (Wildman–Crippen MR) is 217 cm³/mol. The SMILES string of the molecule is CCCN1C(=O)[C@@H]2[C@@H](CC(CO[Si](c3ccccc3)(c3ccccc3)C(C)(C)C)=C([C@H](O)CC/C(=C/c3ccc(O)c(F)c3)c3ccccc3)[C@@H]2CO)C1=O. The van der Waals surface area contributed by atoms with Crippen molar-refractivity contribution in [3.05, 3.63) is 137 Å². The molecule has 288 valence electrons. The molecule has 3 N–H and O–H groups in total. The van der Waals surface area contributed by atoms with Crippen LogP contribution in [0.15, 0.2) is 120 Å². The normalized spacial score (nSPS) is 19.9. The number of likely N-dealkylation sites (tertiary alicyclic amines) is 1. The Labute approximate surface area is 324 Å². The Hall–Kier alpha value is -4.67. The lowest BCUT2D eigenvalue weighted by Gasteiger charge is -2.44. The molecule has 4 aromatic rings. The number of aliphatic hydroxyl groups is 2. The van der Waals surface area contributed by atoms with E-state index in [0.29, 0.717) is 30.5 Å². The first-order valence-corrected chi connectivity index (χ1v) is 21.2. The van der Waals surface area contributed by atoms with Crippen LogP contribution in [0.1, 0.15) is 64.5 Å². The minimum atomic E-state index is -3.05. The molecule has 0 unspecified atom stereocenters. The minimum Gasteiger partial charge on any atom is -0.505 e. The number of aromatic hydroxyl groups is 1. The van der Waals surface area contributed by atoms with Gasteiger partial charge in [0.2, 0.25) is 11.8 Å². The highest BCUT2D eigenvalue weighted by atomic mass is 28.4. The Morgan fingerprint density at radius 2 is 1.53 bits per heavy atom. The molecule has 0 bridgehead atoms. The summed E-state index contributed by atoms with van der Waals surface area (Å²) in [5.41, 5.74) is 3.59. The van der Waals surface area contributed by atoms with Crippen LogP contribution < -0.4 is 10.4 Å². The number of nitrogens with zero attached hydrogens (tertiary/aromatic N) is 1. The summed E-state index contributed by atoms with van der Waals surface area (Å²) in [7, 11) is -3.05. The molecular weight excluding hydrogens is 710 g/mol. The summed E-state index contributed by atoms with van der Waals surface area (Å²) in [6.07, 6.45) is 2.23. The number of aliphatic hydroxyl groups excluding tert-OH is 2. The second-order valence-electron chi connectivity index (χ2n) is 15.8. The second-order valence-corrected chi connectivity index (χ2v) is 20.1. The zero-order valence-corrected chi connectivity index (χ0v) is 33.1. The molecule has 4 aromatic carbocycles. The monoisotopic (exact) mass is 761 g/mol. The molecule has 0 spiro atoms. The van der Waals surface area contributed by atoms with Gasteiger partial charge in [-0.3, -0.25) is 14.5 Å². The Kier molecular flexibility index (Phi) is 12.4. The molecule has 0 radical (unpaired) electrons. The van der Waals surface area contributed by atoms with Gasteiger partial charge in [-0.2, -0.15) is 0 Å². The Bertz CT molecular complexity index is 1990. The van der Waals surface area contributed by atoms with Gasteiger partial charge in [0.1, 0.15) is 0 Å². The second kappa shape index (κ2) is 17.0. The van der Waals surface area contributed by atoms with E-state index in [9.17, 15) is 29.3 Å². The summed E-state index contributed by atoms with van der Waals surface area (Å²) in [5.74, 6) is -3.92. The van der Waals surface area contributed by atoms with Crippen LogP contribution in [-0.2, 0) is 14.0 Å². The van der Waals surface area contributed by atoms with Crippen LogP contribution in [0.3, 0.4) is 0 Å². The minimum absolute atomic E-state index is 0.114. The first-order valence-electron chi connectivity index (χ1n) is 19.3.